The summed E-state index contributed by atoms with van der Waals surface area (Å²) in [5, 5.41) is 13.6. The number of benzene rings is 1. The number of nitrogens with zero attached hydrogens (tertiary/aromatic N) is 1. The molecule has 3 N–H and O–H groups in total. The smallest absolute Gasteiger partial charge is 0.294 e. The van der Waals surface area contributed by atoms with Gasteiger partial charge < -0.3 is 11.1 Å². The van der Waals surface area contributed by atoms with Gasteiger partial charge in [-0.3, -0.25) is 14.9 Å². The van der Waals surface area contributed by atoms with Crippen molar-refractivity contribution >= 4 is 28.9 Å². The van der Waals surface area contributed by atoms with Crippen molar-refractivity contribution in [1.82, 2.24) is 5.32 Å². The maximum atomic E-state index is 12.0. The molecule has 0 bridgehead atoms. The molecule has 1 saturated carbocycles. The topological polar surface area (TPSA) is 98.3 Å². The molecule has 1 fully saturated rings. The van der Waals surface area contributed by atoms with Gasteiger partial charge in [-0.15, -0.1) is 0 Å². The van der Waals surface area contributed by atoms with E-state index in [1.165, 1.54) is 6.07 Å². The van der Waals surface area contributed by atoms with Crippen LogP contribution in [-0.2, 0) is 0 Å². The number of nitrogens with two attached hydrogens (primary N) is 1. The van der Waals surface area contributed by atoms with Gasteiger partial charge in [0, 0.05) is 18.2 Å². The second-order valence-corrected chi connectivity index (χ2v) is 6.15. The molecule has 6 nitrogen and oxygen atoms in total. The van der Waals surface area contributed by atoms with Crippen LogP contribution in [0.25, 0.3) is 0 Å². The Balaban J connectivity index is 2.12. The minimum Gasteiger partial charge on any atom is -0.392 e. The van der Waals surface area contributed by atoms with Crippen LogP contribution in [0.4, 0.5) is 11.4 Å². The van der Waals surface area contributed by atoms with Gasteiger partial charge in [0.05, 0.1) is 9.95 Å². The van der Waals surface area contributed by atoms with Crippen molar-refractivity contribution in [2.45, 2.75) is 20.3 Å². The number of carbonyl (C=O) groups is 1. The van der Waals surface area contributed by atoms with Crippen LogP contribution in [-0.4, -0.2) is 17.4 Å². The molecule has 1 aliphatic rings. The number of anilines is 1. The zero-order valence-electron chi connectivity index (χ0n) is 11.3. The number of hydrogen-bond acceptors (Lipinski definition) is 4. The van der Waals surface area contributed by atoms with E-state index >= 15 is 0 Å². The van der Waals surface area contributed by atoms with Crippen LogP contribution in [0.15, 0.2) is 12.1 Å². The Kier molecular flexibility index (Phi) is 3.60. The van der Waals surface area contributed by atoms with E-state index < -0.39 is 4.92 Å². The molecule has 0 aliphatic heterocycles. The molecule has 1 aromatic carbocycles. The van der Waals surface area contributed by atoms with E-state index in [-0.39, 0.29) is 33.3 Å². The number of rotatable bonds is 4. The number of nitro benzene ring substituents is 1. The van der Waals surface area contributed by atoms with Crippen LogP contribution in [0, 0.1) is 21.4 Å². The van der Waals surface area contributed by atoms with E-state index in [1.807, 2.05) is 0 Å². The predicted molar refractivity (Wildman–Crippen MR) is 76.7 cm³/mol. The van der Waals surface area contributed by atoms with Crippen molar-refractivity contribution in [3.63, 3.8) is 0 Å². The van der Waals surface area contributed by atoms with E-state index in [2.05, 4.69) is 19.2 Å². The molecule has 1 amide bonds. The third kappa shape index (κ3) is 2.85. The zero-order chi connectivity index (χ0) is 15.1. The SMILES string of the molecule is CC1(C)CC1CNC(=O)c1cc(Cl)c(N)c([N+](=O)[O-])c1. The third-order valence-electron chi connectivity index (χ3n) is 3.79. The van der Waals surface area contributed by atoms with Crippen LogP contribution < -0.4 is 11.1 Å². The van der Waals surface area contributed by atoms with Crippen molar-refractivity contribution in [2.24, 2.45) is 11.3 Å². The Morgan fingerprint density at radius 3 is 2.70 bits per heavy atom. The van der Waals surface area contributed by atoms with Crippen LogP contribution in [0.2, 0.25) is 5.02 Å². The molecule has 20 heavy (non-hydrogen) atoms. The summed E-state index contributed by atoms with van der Waals surface area (Å²) in [5.41, 5.74) is 5.44. The number of nitro groups is 1. The molecule has 1 unspecified atom stereocenters. The van der Waals surface area contributed by atoms with Crippen LogP contribution in [0.1, 0.15) is 30.6 Å². The molecule has 0 saturated heterocycles. The van der Waals surface area contributed by atoms with Crippen molar-refractivity contribution in [2.75, 3.05) is 12.3 Å². The molecule has 1 aliphatic carbocycles. The van der Waals surface area contributed by atoms with Crippen LogP contribution >= 0.6 is 11.6 Å². The van der Waals surface area contributed by atoms with Gasteiger partial charge in [0.1, 0.15) is 5.69 Å². The lowest BCUT2D eigenvalue weighted by atomic mass is 10.1. The van der Waals surface area contributed by atoms with Gasteiger partial charge in [0.15, 0.2) is 0 Å². The minimum atomic E-state index is -0.651. The number of carbonyl (C=O) groups excluding carboxylic acids is 1. The fourth-order valence-electron chi connectivity index (χ4n) is 2.13. The summed E-state index contributed by atoms with van der Waals surface area (Å²) >= 11 is 5.82. The summed E-state index contributed by atoms with van der Waals surface area (Å²) < 4.78 is 0. The predicted octanol–water partition coefficient (Wildman–Crippen LogP) is 2.61. The fraction of sp³-hybridized carbons (Fsp3) is 0.462. The monoisotopic (exact) mass is 297 g/mol. The van der Waals surface area contributed by atoms with E-state index in [0.29, 0.717) is 12.5 Å². The molecule has 0 aromatic heterocycles. The molecule has 1 atom stereocenters. The highest BCUT2D eigenvalue weighted by Gasteiger charge is 2.45. The Labute approximate surface area is 121 Å². The first kappa shape index (κ1) is 14.6. The lowest BCUT2D eigenvalue weighted by Crippen LogP contribution is -2.26. The lowest BCUT2D eigenvalue weighted by Gasteiger charge is -2.08. The first-order valence-electron chi connectivity index (χ1n) is 6.24. The fourth-order valence-corrected chi connectivity index (χ4v) is 2.34. The quantitative estimate of drug-likeness (QED) is 0.507. The van der Waals surface area contributed by atoms with E-state index in [0.717, 1.165) is 12.5 Å². The van der Waals surface area contributed by atoms with Gasteiger partial charge in [-0.25, -0.2) is 0 Å². The first-order chi connectivity index (χ1) is 9.22. The molecule has 0 heterocycles. The lowest BCUT2D eigenvalue weighted by molar-refractivity contribution is -0.383. The second-order valence-electron chi connectivity index (χ2n) is 5.75. The molecule has 2 rings (SSSR count). The molecule has 7 heteroatoms. The number of nitrogen functional groups attached to an aromatic ring is 1. The van der Waals surface area contributed by atoms with Crippen molar-refractivity contribution in [1.29, 1.82) is 0 Å². The number of hydrogen-bond donors (Lipinski definition) is 2. The highest BCUT2D eigenvalue weighted by atomic mass is 35.5. The minimum absolute atomic E-state index is 0.0103. The Morgan fingerprint density at radius 2 is 2.20 bits per heavy atom. The maximum Gasteiger partial charge on any atom is 0.294 e. The van der Waals surface area contributed by atoms with Gasteiger partial charge >= 0.3 is 0 Å². The molecule has 108 valence electrons. The number of amides is 1. The molecular formula is C13H16ClN3O3. The van der Waals surface area contributed by atoms with Gasteiger partial charge in [0.25, 0.3) is 11.6 Å². The summed E-state index contributed by atoms with van der Waals surface area (Å²) in [5.74, 6) is 0.0726. The number of nitrogens with one attached hydrogen (secondary N) is 1. The van der Waals surface area contributed by atoms with Gasteiger partial charge in [-0.1, -0.05) is 25.4 Å². The highest BCUT2D eigenvalue weighted by Crippen LogP contribution is 2.51. The highest BCUT2D eigenvalue weighted by molar-refractivity contribution is 6.34. The molecular weight excluding hydrogens is 282 g/mol. The summed E-state index contributed by atoms with van der Waals surface area (Å²) in [6, 6.07) is 2.49. The third-order valence-corrected chi connectivity index (χ3v) is 4.11. The number of halogens is 1. The zero-order valence-corrected chi connectivity index (χ0v) is 12.0. The van der Waals surface area contributed by atoms with Crippen molar-refractivity contribution in [3.05, 3.63) is 32.8 Å². The Hall–Kier alpha value is -1.82. The Bertz CT molecular complexity index is 586. The van der Waals surface area contributed by atoms with E-state index in [1.54, 1.807) is 0 Å². The summed E-state index contributed by atoms with van der Waals surface area (Å²) in [4.78, 5) is 22.2. The van der Waals surface area contributed by atoms with E-state index in [4.69, 9.17) is 17.3 Å². The normalized spacial score (nSPS) is 19.4. The maximum absolute atomic E-state index is 12.0. The molecule has 0 spiro atoms. The van der Waals surface area contributed by atoms with E-state index in [9.17, 15) is 14.9 Å². The summed E-state index contributed by atoms with van der Waals surface area (Å²) in [6.45, 7) is 4.82. The van der Waals surface area contributed by atoms with Crippen molar-refractivity contribution in [3.8, 4) is 0 Å². The van der Waals surface area contributed by atoms with Crippen molar-refractivity contribution < 1.29 is 9.72 Å². The van der Waals surface area contributed by atoms with Crippen LogP contribution in [0.3, 0.4) is 0 Å². The molecule has 1 aromatic rings. The second kappa shape index (κ2) is 4.94. The molecule has 0 radical (unpaired) electrons. The first-order valence-corrected chi connectivity index (χ1v) is 6.62. The Morgan fingerprint density at radius 1 is 1.60 bits per heavy atom. The average Bonchev–Trinajstić information content (AvgIpc) is 2.97. The summed E-state index contributed by atoms with van der Waals surface area (Å²) in [7, 11) is 0. The standard InChI is InChI=1S/C13H16ClN3O3/c1-13(2)5-8(13)6-16-12(18)7-3-9(14)11(15)10(4-7)17(19)20/h3-4,8H,5-6,15H2,1-2H3,(H,16,18). The van der Waals surface area contributed by atoms with Gasteiger partial charge in [-0.2, -0.15) is 0 Å². The summed E-state index contributed by atoms with van der Waals surface area (Å²) in [6.07, 6.45) is 1.07. The average molecular weight is 298 g/mol. The van der Waals surface area contributed by atoms with Gasteiger partial charge in [0.2, 0.25) is 0 Å². The van der Waals surface area contributed by atoms with Crippen LogP contribution in [0.5, 0.6) is 0 Å². The van der Waals surface area contributed by atoms with Gasteiger partial charge in [-0.05, 0) is 23.8 Å². The largest absolute Gasteiger partial charge is 0.392 e.